The van der Waals surface area contributed by atoms with Crippen LogP contribution in [0.1, 0.15) is 24.8 Å². The first kappa shape index (κ1) is 13.4. The van der Waals surface area contributed by atoms with Crippen LogP contribution in [0, 0.1) is 5.82 Å². The molecule has 1 saturated heterocycles. The van der Waals surface area contributed by atoms with Crippen LogP contribution < -0.4 is 5.01 Å². The average molecular weight is 294 g/mol. The fourth-order valence-electron chi connectivity index (χ4n) is 3.48. The number of benzene rings is 2. The number of anilines is 1. The number of hydrazine groups is 1. The van der Waals surface area contributed by atoms with E-state index < -0.39 is 0 Å². The minimum Gasteiger partial charge on any atom is -0.289 e. The highest BCUT2D eigenvalue weighted by molar-refractivity contribution is 5.76. The third-order valence-electron chi connectivity index (χ3n) is 4.52. The second kappa shape index (κ2) is 5.48. The number of halogens is 1. The van der Waals surface area contributed by atoms with Crippen molar-refractivity contribution in [2.45, 2.75) is 19.3 Å². The Kier molecular flexibility index (Phi) is 3.34. The zero-order chi connectivity index (χ0) is 14.9. The number of para-hydroxylation sites is 1. The molecule has 1 fully saturated rings. The third kappa shape index (κ3) is 2.27. The molecule has 3 heteroatoms. The van der Waals surface area contributed by atoms with Crippen molar-refractivity contribution in [2.24, 2.45) is 0 Å². The van der Waals surface area contributed by atoms with E-state index in [1.54, 1.807) is 12.1 Å². The predicted molar refractivity (Wildman–Crippen MR) is 87.7 cm³/mol. The lowest BCUT2D eigenvalue weighted by Gasteiger charge is -2.36. The molecule has 0 radical (unpaired) electrons. The van der Waals surface area contributed by atoms with Gasteiger partial charge in [0.15, 0.2) is 0 Å². The summed E-state index contributed by atoms with van der Waals surface area (Å²) in [5.41, 5.74) is 4.84. The molecule has 2 aromatic carbocycles. The largest absolute Gasteiger partial charge is 0.289 e. The Labute approximate surface area is 130 Å². The molecule has 2 heterocycles. The molecule has 0 N–H and O–H groups in total. The van der Waals surface area contributed by atoms with Crippen molar-refractivity contribution < 1.29 is 4.39 Å². The summed E-state index contributed by atoms with van der Waals surface area (Å²) in [4.78, 5) is 0. The van der Waals surface area contributed by atoms with E-state index in [0.29, 0.717) is 0 Å². The molecule has 0 amide bonds. The standard InChI is InChI=1S/C19H19FN2/c20-16-8-6-7-15(13-16)18-14-22(17-9-2-1-3-10-17)21-12-5-4-11-19(18)21/h1-3,6-10,13H,4-5,11-12,14H2. The molecular weight excluding hydrogens is 275 g/mol. The molecular formula is C19H19FN2. The molecule has 22 heavy (non-hydrogen) atoms. The molecule has 2 aromatic rings. The fraction of sp³-hybridized carbons (Fsp3) is 0.263. The molecule has 0 aliphatic carbocycles. The highest BCUT2D eigenvalue weighted by Crippen LogP contribution is 2.38. The monoisotopic (exact) mass is 294 g/mol. The summed E-state index contributed by atoms with van der Waals surface area (Å²) in [7, 11) is 0. The Morgan fingerprint density at radius 1 is 0.864 bits per heavy atom. The van der Waals surface area contributed by atoms with Crippen molar-refractivity contribution in [3.63, 3.8) is 0 Å². The van der Waals surface area contributed by atoms with Gasteiger partial charge in [-0.2, -0.15) is 0 Å². The van der Waals surface area contributed by atoms with Crippen molar-refractivity contribution in [2.75, 3.05) is 18.1 Å². The molecule has 2 aliphatic rings. The lowest BCUT2D eigenvalue weighted by atomic mass is 9.99. The van der Waals surface area contributed by atoms with E-state index in [9.17, 15) is 4.39 Å². The summed E-state index contributed by atoms with van der Waals surface area (Å²) in [5, 5.41) is 4.72. The molecule has 112 valence electrons. The number of allylic oxidation sites excluding steroid dienone is 1. The summed E-state index contributed by atoms with van der Waals surface area (Å²) in [6.45, 7) is 1.87. The maximum absolute atomic E-state index is 13.6. The van der Waals surface area contributed by atoms with E-state index in [4.69, 9.17) is 0 Å². The van der Waals surface area contributed by atoms with Crippen molar-refractivity contribution >= 4 is 11.3 Å². The molecule has 0 saturated carbocycles. The van der Waals surface area contributed by atoms with Crippen molar-refractivity contribution in [1.29, 1.82) is 0 Å². The predicted octanol–water partition coefficient (Wildman–Crippen LogP) is 4.46. The van der Waals surface area contributed by atoms with E-state index in [1.807, 2.05) is 12.1 Å². The number of fused-ring (bicyclic) bond motifs is 1. The Hall–Kier alpha value is -2.29. The highest BCUT2D eigenvalue weighted by atomic mass is 19.1. The van der Waals surface area contributed by atoms with Crippen LogP contribution in [-0.4, -0.2) is 18.1 Å². The van der Waals surface area contributed by atoms with Crippen LogP contribution >= 0.6 is 0 Å². The molecule has 0 atom stereocenters. The van der Waals surface area contributed by atoms with Crippen molar-refractivity contribution in [3.8, 4) is 0 Å². The zero-order valence-electron chi connectivity index (χ0n) is 12.5. The van der Waals surface area contributed by atoms with E-state index in [2.05, 4.69) is 34.3 Å². The molecule has 0 spiro atoms. The summed E-state index contributed by atoms with van der Waals surface area (Å²) < 4.78 is 13.6. The van der Waals surface area contributed by atoms with Crippen LogP contribution in [-0.2, 0) is 0 Å². The lowest BCUT2D eigenvalue weighted by Crippen LogP contribution is -2.39. The Balaban J connectivity index is 1.74. The first-order valence-electron chi connectivity index (χ1n) is 7.91. The van der Waals surface area contributed by atoms with Gasteiger partial charge in [-0.05, 0) is 49.1 Å². The first-order valence-corrected chi connectivity index (χ1v) is 7.91. The van der Waals surface area contributed by atoms with Gasteiger partial charge in [-0.15, -0.1) is 0 Å². The Morgan fingerprint density at radius 2 is 1.73 bits per heavy atom. The van der Waals surface area contributed by atoms with Gasteiger partial charge in [0.1, 0.15) is 5.82 Å². The van der Waals surface area contributed by atoms with Gasteiger partial charge in [0.05, 0.1) is 12.2 Å². The average Bonchev–Trinajstić information content (AvgIpc) is 2.95. The SMILES string of the molecule is Fc1cccc(C2=C3CCCCN3N(c3ccccc3)C2)c1. The molecule has 2 aliphatic heterocycles. The second-order valence-electron chi connectivity index (χ2n) is 5.91. The molecule has 0 aromatic heterocycles. The minimum atomic E-state index is -0.161. The number of rotatable bonds is 2. The summed E-state index contributed by atoms with van der Waals surface area (Å²) in [6.07, 6.45) is 3.51. The first-order chi connectivity index (χ1) is 10.8. The summed E-state index contributed by atoms with van der Waals surface area (Å²) >= 11 is 0. The highest BCUT2D eigenvalue weighted by Gasteiger charge is 2.32. The zero-order valence-corrected chi connectivity index (χ0v) is 12.5. The molecule has 2 nitrogen and oxygen atoms in total. The van der Waals surface area contributed by atoms with E-state index in [0.717, 1.165) is 25.1 Å². The van der Waals surface area contributed by atoms with Gasteiger partial charge in [-0.1, -0.05) is 30.3 Å². The number of nitrogens with zero attached hydrogens (tertiary/aromatic N) is 2. The molecule has 0 bridgehead atoms. The van der Waals surface area contributed by atoms with Gasteiger partial charge in [0.2, 0.25) is 0 Å². The van der Waals surface area contributed by atoms with Crippen LogP contribution in [0.3, 0.4) is 0 Å². The fourth-order valence-corrected chi connectivity index (χ4v) is 3.48. The molecule has 0 unspecified atom stereocenters. The van der Waals surface area contributed by atoms with Crippen LogP contribution in [0.25, 0.3) is 5.57 Å². The Morgan fingerprint density at radius 3 is 2.55 bits per heavy atom. The number of hydrogen-bond donors (Lipinski definition) is 0. The van der Waals surface area contributed by atoms with E-state index in [-0.39, 0.29) is 5.82 Å². The van der Waals surface area contributed by atoms with Crippen LogP contribution in [0.5, 0.6) is 0 Å². The smallest absolute Gasteiger partial charge is 0.123 e. The van der Waals surface area contributed by atoms with Crippen molar-refractivity contribution in [3.05, 3.63) is 71.7 Å². The summed E-state index contributed by atoms with van der Waals surface area (Å²) in [6, 6.07) is 17.4. The normalized spacial score (nSPS) is 17.9. The van der Waals surface area contributed by atoms with Gasteiger partial charge in [-0.25, -0.2) is 4.39 Å². The van der Waals surface area contributed by atoms with E-state index >= 15 is 0 Å². The lowest BCUT2D eigenvalue weighted by molar-refractivity contribution is 0.294. The maximum atomic E-state index is 13.6. The molecule has 4 rings (SSSR count). The van der Waals surface area contributed by atoms with Gasteiger partial charge in [0.25, 0.3) is 0 Å². The minimum absolute atomic E-state index is 0.161. The maximum Gasteiger partial charge on any atom is 0.123 e. The second-order valence-corrected chi connectivity index (χ2v) is 5.91. The summed E-state index contributed by atoms with van der Waals surface area (Å²) in [5.74, 6) is -0.161. The quantitative estimate of drug-likeness (QED) is 0.807. The van der Waals surface area contributed by atoms with Crippen LogP contribution in [0.15, 0.2) is 60.3 Å². The van der Waals surface area contributed by atoms with Crippen LogP contribution in [0.4, 0.5) is 10.1 Å². The number of piperidine rings is 1. The topological polar surface area (TPSA) is 6.48 Å². The van der Waals surface area contributed by atoms with Gasteiger partial charge >= 0.3 is 0 Å². The van der Waals surface area contributed by atoms with Crippen molar-refractivity contribution in [1.82, 2.24) is 5.01 Å². The van der Waals surface area contributed by atoms with E-state index in [1.165, 1.54) is 35.9 Å². The van der Waals surface area contributed by atoms with Gasteiger partial charge in [-0.3, -0.25) is 10.0 Å². The number of hydrogen-bond acceptors (Lipinski definition) is 2. The van der Waals surface area contributed by atoms with Gasteiger partial charge in [0, 0.05) is 17.8 Å². The van der Waals surface area contributed by atoms with Crippen LogP contribution in [0.2, 0.25) is 0 Å². The van der Waals surface area contributed by atoms with Gasteiger partial charge < -0.3 is 0 Å². The third-order valence-corrected chi connectivity index (χ3v) is 4.52. The Bertz CT molecular complexity index is 708.